The first-order valence-electron chi connectivity index (χ1n) is 7.58. The van der Waals surface area contributed by atoms with Crippen LogP contribution < -0.4 is 15.4 Å². The third kappa shape index (κ3) is 5.29. The van der Waals surface area contributed by atoms with Gasteiger partial charge in [0.25, 0.3) is 5.91 Å². The lowest BCUT2D eigenvalue weighted by Gasteiger charge is -2.11. The summed E-state index contributed by atoms with van der Waals surface area (Å²) in [7, 11) is -3.65. The highest BCUT2D eigenvalue weighted by Crippen LogP contribution is 2.25. The van der Waals surface area contributed by atoms with Crippen molar-refractivity contribution in [3.8, 4) is 0 Å². The van der Waals surface area contributed by atoms with Crippen LogP contribution in [0.5, 0.6) is 0 Å². The van der Waals surface area contributed by atoms with Crippen LogP contribution in [-0.4, -0.2) is 38.9 Å². The smallest absolute Gasteiger partial charge is 0.252 e. The van der Waals surface area contributed by atoms with Crippen molar-refractivity contribution in [1.82, 2.24) is 15.4 Å². The van der Waals surface area contributed by atoms with E-state index in [2.05, 4.69) is 31.3 Å². The van der Waals surface area contributed by atoms with E-state index in [9.17, 15) is 18.0 Å². The first-order valence-corrected chi connectivity index (χ1v) is 9.86. The number of carbonyl (C=O) groups excluding carboxylic acids is 2. The molecule has 3 N–H and O–H groups in total. The fourth-order valence-electron chi connectivity index (χ4n) is 1.96. The molecule has 1 aliphatic rings. The maximum Gasteiger partial charge on any atom is 0.252 e. The molecule has 2 amide bonds. The molecule has 7 nitrogen and oxygen atoms in total. The van der Waals surface area contributed by atoms with Crippen molar-refractivity contribution in [2.75, 3.05) is 6.54 Å². The van der Waals surface area contributed by atoms with Gasteiger partial charge >= 0.3 is 0 Å². The molecule has 1 aromatic rings. The number of benzene rings is 1. The summed E-state index contributed by atoms with van der Waals surface area (Å²) in [5.41, 5.74) is 0.158. The average Bonchev–Trinajstić information content (AvgIpc) is 3.27. The highest BCUT2D eigenvalue weighted by Gasteiger charge is 2.28. The SMILES string of the molecule is CC(C)NC(=O)CNC(=O)c1cc(S(=O)(=O)NC2CC2)ccc1Br. The highest BCUT2D eigenvalue weighted by atomic mass is 79.9. The second kappa shape index (κ2) is 7.62. The number of carbonyl (C=O) groups is 2. The predicted octanol–water partition coefficient (Wildman–Crippen LogP) is 1.14. The largest absolute Gasteiger partial charge is 0.352 e. The second-order valence-electron chi connectivity index (χ2n) is 5.94. The Morgan fingerprint density at radius 3 is 2.54 bits per heavy atom. The topological polar surface area (TPSA) is 104 Å². The Labute approximate surface area is 149 Å². The van der Waals surface area contributed by atoms with Crippen LogP contribution in [-0.2, 0) is 14.8 Å². The van der Waals surface area contributed by atoms with Gasteiger partial charge in [-0.05, 0) is 60.8 Å². The number of nitrogens with one attached hydrogen (secondary N) is 3. The minimum atomic E-state index is -3.65. The van der Waals surface area contributed by atoms with Gasteiger partial charge < -0.3 is 10.6 Å². The van der Waals surface area contributed by atoms with Gasteiger partial charge in [-0.2, -0.15) is 0 Å². The van der Waals surface area contributed by atoms with E-state index < -0.39 is 15.9 Å². The molecule has 0 spiro atoms. The van der Waals surface area contributed by atoms with Crippen LogP contribution >= 0.6 is 15.9 Å². The average molecular weight is 418 g/mol. The fourth-order valence-corrected chi connectivity index (χ4v) is 3.72. The van der Waals surface area contributed by atoms with Crippen molar-refractivity contribution in [2.24, 2.45) is 0 Å². The normalized spacial score (nSPS) is 14.5. The molecule has 0 unspecified atom stereocenters. The standard InChI is InChI=1S/C15H20BrN3O4S/c1-9(2)18-14(20)8-17-15(21)12-7-11(5-6-13(12)16)24(22,23)19-10-3-4-10/h5-7,9-10,19H,3-4,8H2,1-2H3,(H,17,21)(H,18,20). The van der Waals surface area contributed by atoms with Gasteiger partial charge in [-0.1, -0.05) is 0 Å². The van der Waals surface area contributed by atoms with Crippen LogP contribution in [0.3, 0.4) is 0 Å². The summed E-state index contributed by atoms with van der Waals surface area (Å²) < 4.78 is 27.5. The van der Waals surface area contributed by atoms with E-state index in [0.29, 0.717) is 4.47 Å². The van der Waals surface area contributed by atoms with E-state index in [4.69, 9.17) is 0 Å². The Morgan fingerprint density at radius 1 is 1.29 bits per heavy atom. The Hall–Kier alpha value is -1.45. The predicted molar refractivity (Wildman–Crippen MR) is 93.1 cm³/mol. The molecule has 0 heterocycles. The van der Waals surface area contributed by atoms with E-state index in [0.717, 1.165) is 12.8 Å². The third-order valence-corrected chi connectivity index (χ3v) is 5.46. The number of rotatable bonds is 7. The van der Waals surface area contributed by atoms with Crippen LogP contribution in [0.15, 0.2) is 27.6 Å². The fraction of sp³-hybridized carbons (Fsp3) is 0.467. The van der Waals surface area contributed by atoms with Gasteiger partial charge in [0, 0.05) is 16.6 Å². The first-order chi connectivity index (χ1) is 11.2. The maximum atomic E-state index is 12.2. The van der Waals surface area contributed by atoms with Crippen LogP contribution in [0.1, 0.15) is 37.0 Å². The molecule has 0 bridgehead atoms. The zero-order valence-electron chi connectivity index (χ0n) is 13.4. The first kappa shape index (κ1) is 18.9. The Balaban J connectivity index is 2.10. The summed E-state index contributed by atoms with van der Waals surface area (Å²) in [6, 6.07) is 4.19. The minimum absolute atomic E-state index is 0.0179. The summed E-state index contributed by atoms with van der Waals surface area (Å²) in [5.74, 6) is -0.835. The van der Waals surface area contributed by atoms with Crippen molar-refractivity contribution in [3.05, 3.63) is 28.2 Å². The molecule has 2 rings (SSSR count). The van der Waals surface area contributed by atoms with Crippen molar-refractivity contribution >= 4 is 37.8 Å². The lowest BCUT2D eigenvalue weighted by Crippen LogP contribution is -2.40. The monoisotopic (exact) mass is 417 g/mol. The third-order valence-electron chi connectivity index (χ3n) is 3.25. The molecule has 0 saturated heterocycles. The number of hydrogen-bond donors (Lipinski definition) is 3. The van der Waals surface area contributed by atoms with Crippen LogP contribution in [0.4, 0.5) is 0 Å². The summed E-state index contributed by atoms with van der Waals surface area (Å²) in [5, 5.41) is 5.14. The van der Waals surface area contributed by atoms with Crippen LogP contribution in [0.25, 0.3) is 0 Å². The minimum Gasteiger partial charge on any atom is -0.352 e. The van der Waals surface area contributed by atoms with E-state index in [-0.39, 0.29) is 35.0 Å². The van der Waals surface area contributed by atoms with E-state index in [1.165, 1.54) is 18.2 Å². The van der Waals surface area contributed by atoms with E-state index >= 15 is 0 Å². The van der Waals surface area contributed by atoms with Crippen LogP contribution in [0, 0.1) is 0 Å². The quantitative estimate of drug-likeness (QED) is 0.618. The van der Waals surface area contributed by atoms with Gasteiger partial charge in [-0.3, -0.25) is 9.59 Å². The van der Waals surface area contributed by atoms with Gasteiger partial charge in [0.2, 0.25) is 15.9 Å². The molecule has 1 saturated carbocycles. The molecule has 0 radical (unpaired) electrons. The molecule has 1 aromatic carbocycles. The maximum absolute atomic E-state index is 12.2. The summed E-state index contributed by atoms with van der Waals surface area (Å²) in [6.45, 7) is 3.45. The molecular weight excluding hydrogens is 398 g/mol. The molecule has 0 atom stereocenters. The number of halogens is 1. The van der Waals surface area contributed by atoms with Gasteiger partial charge in [-0.15, -0.1) is 0 Å². The zero-order chi connectivity index (χ0) is 17.9. The zero-order valence-corrected chi connectivity index (χ0v) is 15.8. The van der Waals surface area contributed by atoms with Crippen molar-refractivity contribution in [2.45, 2.75) is 43.7 Å². The van der Waals surface area contributed by atoms with Gasteiger partial charge in [0.1, 0.15) is 0 Å². The van der Waals surface area contributed by atoms with E-state index in [1.807, 2.05) is 13.8 Å². The molecule has 1 fully saturated rings. The molecule has 1 aliphatic carbocycles. The molecule has 24 heavy (non-hydrogen) atoms. The van der Waals surface area contributed by atoms with Crippen molar-refractivity contribution in [1.29, 1.82) is 0 Å². The molecular formula is C15H20BrN3O4S. The number of sulfonamides is 1. The Morgan fingerprint density at radius 2 is 1.96 bits per heavy atom. The van der Waals surface area contributed by atoms with Crippen molar-refractivity contribution in [3.63, 3.8) is 0 Å². The van der Waals surface area contributed by atoms with Gasteiger partial charge in [0.05, 0.1) is 17.0 Å². The lowest BCUT2D eigenvalue weighted by molar-refractivity contribution is -0.120. The Bertz CT molecular complexity index is 745. The summed E-state index contributed by atoms with van der Waals surface area (Å²) in [4.78, 5) is 23.8. The molecule has 0 aromatic heterocycles. The second-order valence-corrected chi connectivity index (χ2v) is 8.51. The number of hydrogen-bond acceptors (Lipinski definition) is 4. The Kier molecular flexibility index (Phi) is 6.00. The molecule has 9 heteroatoms. The van der Waals surface area contributed by atoms with Crippen LogP contribution in [0.2, 0.25) is 0 Å². The van der Waals surface area contributed by atoms with Crippen molar-refractivity contribution < 1.29 is 18.0 Å². The molecule has 0 aliphatic heterocycles. The summed E-state index contributed by atoms with van der Waals surface area (Å²) >= 11 is 3.23. The number of amides is 2. The summed E-state index contributed by atoms with van der Waals surface area (Å²) in [6.07, 6.45) is 1.65. The van der Waals surface area contributed by atoms with Gasteiger partial charge in [-0.25, -0.2) is 13.1 Å². The van der Waals surface area contributed by atoms with Gasteiger partial charge in [0.15, 0.2) is 0 Å². The molecule has 132 valence electrons. The lowest BCUT2D eigenvalue weighted by atomic mass is 10.2. The van der Waals surface area contributed by atoms with E-state index in [1.54, 1.807) is 0 Å². The highest BCUT2D eigenvalue weighted by molar-refractivity contribution is 9.10.